The van der Waals surface area contributed by atoms with Crippen LogP contribution in [-0.4, -0.2) is 38.3 Å². The molecule has 0 bridgehead atoms. The first kappa shape index (κ1) is 20.8. The van der Waals surface area contributed by atoms with Gasteiger partial charge in [0.1, 0.15) is 5.75 Å². The van der Waals surface area contributed by atoms with Gasteiger partial charge in [-0.05, 0) is 61.2 Å². The number of rotatable bonds is 6. The maximum Gasteiger partial charge on any atom is 0.262 e. The van der Waals surface area contributed by atoms with Crippen LogP contribution in [0.1, 0.15) is 25.3 Å². The number of amides is 1. The third-order valence-electron chi connectivity index (χ3n) is 4.85. The molecule has 1 amide bonds. The van der Waals surface area contributed by atoms with Gasteiger partial charge in [0, 0.05) is 18.8 Å². The minimum absolute atomic E-state index is 0.220. The Kier molecular flexibility index (Phi) is 6.52. The molecular formula is C21H23N3O4S. The van der Waals surface area contributed by atoms with E-state index < -0.39 is 10.0 Å². The van der Waals surface area contributed by atoms with E-state index in [0.717, 1.165) is 12.8 Å². The van der Waals surface area contributed by atoms with Crippen LogP contribution in [0, 0.1) is 17.2 Å². The molecule has 0 aromatic heterocycles. The molecule has 1 aliphatic heterocycles. The van der Waals surface area contributed by atoms with Crippen LogP contribution in [0.4, 0.5) is 5.69 Å². The molecule has 152 valence electrons. The van der Waals surface area contributed by atoms with Gasteiger partial charge in [0.2, 0.25) is 10.0 Å². The normalized spacial score (nSPS) is 15.4. The van der Waals surface area contributed by atoms with Gasteiger partial charge in [-0.15, -0.1) is 0 Å². The first-order valence-electron chi connectivity index (χ1n) is 9.41. The van der Waals surface area contributed by atoms with Gasteiger partial charge in [0.05, 0.1) is 16.5 Å². The summed E-state index contributed by atoms with van der Waals surface area (Å²) in [6.07, 6.45) is 1.74. The van der Waals surface area contributed by atoms with Crippen LogP contribution >= 0.6 is 0 Å². The van der Waals surface area contributed by atoms with Gasteiger partial charge in [0.15, 0.2) is 6.61 Å². The summed E-state index contributed by atoms with van der Waals surface area (Å²) < 4.78 is 32.4. The predicted molar refractivity (Wildman–Crippen MR) is 109 cm³/mol. The molecule has 29 heavy (non-hydrogen) atoms. The molecule has 1 fully saturated rings. The van der Waals surface area contributed by atoms with Crippen molar-refractivity contribution in [3.8, 4) is 11.8 Å². The molecule has 0 saturated carbocycles. The summed E-state index contributed by atoms with van der Waals surface area (Å²) in [5.41, 5.74) is 0.957. The number of anilines is 1. The Labute approximate surface area is 171 Å². The number of carbonyl (C=O) groups excluding carboxylic acids is 1. The Morgan fingerprint density at radius 2 is 1.90 bits per heavy atom. The van der Waals surface area contributed by atoms with E-state index in [4.69, 9.17) is 10.00 Å². The van der Waals surface area contributed by atoms with Crippen LogP contribution < -0.4 is 10.1 Å². The summed E-state index contributed by atoms with van der Waals surface area (Å²) in [5, 5.41) is 11.5. The molecule has 7 nitrogen and oxygen atoms in total. The predicted octanol–water partition coefficient (Wildman–Crippen LogP) is 3.00. The van der Waals surface area contributed by atoms with Gasteiger partial charge in [-0.25, -0.2) is 8.42 Å². The third-order valence-corrected chi connectivity index (χ3v) is 6.76. The molecule has 8 heteroatoms. The summed E-state index contributed by atoms with van der Waals surface area (Å²) in [6, 6.07) is 14.7. The monoisotopic (exact) mass is 413 g/mol. The molecule has 1 saturated heterocycles. The highest BCUT2D eigenvalue weighted by Crippen LogP contribution is 2.24. The van der Waals surface area contributed by atoms with Crippen LogP contribution in [0.3, 0.4) is 0 Å². The molecule has 1 aliphatic rings. The quantitative estimate of drug-likeness (QED) is 0.785. The second-order valence-electron chi connectivity index (χ2n) is 7.09. The van der Waals surface area contributed by atoms with Gasteiger partial charge in [0.25, 0.3) is 5.91 Å². The van der Waals surface area contributed by atoms with Crippen molar-refractivity contribution >= 4 is 21.6 Å². The average Bonchev–Trinajstić information content (AvgIpc) is 2.73. The zero-order valence-electron chi connectivity index (χ0n) is 16.2. The van der Waals surface area contributed by atoms with Gasteiger partial charge in [-0.2, -0.15) is 9.57 Å². The van der Waals surface area contributed by atoms with Crippen molar-refractivity contribution in [1.82, 2.24) is 4.31 Å². The highest BCUT2D eigenvalue weighted by Gasteiger charge is 2.27. The summed E-state index contributed by atoms with van der Waals surface area (Å²) in [5.74, 6) is 0.571. The molecule has 0 unspecified atom stereocenters. The Balaban J connectivity index is 1.56. The molecule has 1 heterocycles. The van der Waals surface area contributed by atoms with E-state index >= 15 is 0 Å². The minimum atomic E-state index is -3.51. The van der Waals surface area contributed by atoms with E-state index in [1.165, 1.54) is 16.4 Å². The Bertz CT molecular complexity index is 1000. The summed E-state index contributed by atoms with van der Waals surface area (Å²) in [6.45, 7) is 2.98. The number of nitriles is 1. The molecular weight excluding hydrogens is 390 g/mol. The summed E-state index contributed by atoms with van der Waals surface area (Å²) in [4.78, 5) is 12.2. The smallest absolute Gasteiger partial charge is 0.262 e. The summed E-state index contributed by atoms with van der Waals surface area (Å²) in [7, 11) is -3.51. The minimum Gasteiger partial charge on any atom is -0.484 e. The first-order chi connectivity index (χ1) is 13.9. The lowest BCUT2D eigenvalue weighted by molar-refractivity contribution is -0.118. The molecule has 1 N–H and O–H groups in total. The van der Waals surface area contributed by atoms with Crippen molar-refractivity contribution in [3.05, 3.63) is 54.1 Å². The largest absolute Gasteiger partial charge is 0.484 e. The SMILES string of the molecule is CC1CCN(S(=O)(=O)c2ccc(OCC(=O)Nc3cccc(C#N)c3)cc2)CC1. The number of carbonyl (C=O) groups is 1. The number of sulfonamides is 1. The molecule has 3 rings (SSSR count). The molecule has 0 aliphatic carbocycles. The van der Waals surface area contributed by atoms with Gasteiger partial charge < -0.3 is 10.1 Å². The fourth-order valence-electron chi connectivity index (χ4n) is 3.09. The van der Waals surface area contributed by atoms with Crippen LogP contribution in [0.5, 0.6) is 5.75 Å². The third kappa shape index (κ3) is 5.34. The van der Waals surface area contributed by atoms with Crippen molar-refractivity contribution in [1.29, 1.82) is 5.26 Å². The Morgan fingerprint density at radius 3 is 2.55 bits per heavy atom. The molecule has 2 aromatic rings. The van der Waals surface area contributed by atoms with E-state index in [2.05, 4.69) is 12.2 Å². The second-order valence-corrected chi connectivity index (χ2v) is 9.03. The number of nitrogens with zero attached hydrogens (tertiary/aromatic N) is 2. The van der Waals surface area contributed by atoms with Crippen LogP contribution in [0.2, 0.25) is 0 Å². The lowest BCUT2D eigenvalue weighted by Gasteiger charge is -2.29. The molecule has 0 atom stereocenters. The summed E-state index contributed by atoms with van der Waals surface area (Å²) >= 11 is 0. The highest BCUT2D eigenvalue weighted by atomic mass is 32.2. The van der Waals surface area contributed by atoms with Crippen LogP contribution in [0.15, 0.2) is 53.4 Å². The molecule has 0 spiro atoms. The average molecular weight is 413 g/mol. The van der Waals surface area contributed by atoms with Crippen LogP contribution in [-0.2, 0) is 14.8 Å². The standard InChI is InChI=1S/C21H23N3O4S/c1-16-9-11-24(12-10-16)29(26,27)20-7-5-19(6-8-20)28-15-21(25)23-18-4-2-3-17(13-18)14-22/h2-8,13,16H,9-12,15H2,1H3,(H,23,25). The van der Waals surface area contributed by atoms with Crippen molar-refractivity contribution in [2.45, 2.75) is 24.7 Å². The topological polar surface area (TPSA) is 99.5 Å². The molecule has 2 aromatic carbocycles. The maximum absolute atomic E-state index is 12.7. The van der Waals surface area contributed by atoms with E-state index in [1.807, 2.05) is 6.07 Å². The number of ether oxygens (including phenoxy) is 1. The number of hydrogen-bond acceptors (Lipinski definition) is 5. The second kappa shape index (κ2) is 9.07. The van der Waals surface area contributed by atoms with Gasteiger partial charge in [-0.1, -0.05) is 13.0 Å². The van der Waals surface area contributed by atoms with Crippen LogP contribution in [0.25, 0.3) is 0 Å². The highest BCUT2D eigenvalue weighted by molar-refractivity contribution is 7.89. The Morgan fingerprint density at radius 1 is 1.21 bits per heavy atom. The lowest BCUT2D eigenvalue weighted by Crippen LogP contribution is -2.37. The fourth-order valence-corrected chi connectivity index (χ4v) is 4.56. The zero-order chi connectivity index (χ0) is 20.9. The van der Waals surface area contributed by atoms with E-state index in [-0.39, 0.29) is 17.4 Å². The Hall–Kier alpha value is -2.89. The maximum atomic E-state index is 12.7. The van der Waals surface area contributed by atoms with E-state index in [1.54, 1.807) is 36.4 Å². The van der Waals surface area contributed by atoms with E-state index in [0.29, 0.717) is 36.0 Å². The van der Waals surface area contributed by atoms with Crippen molar-refractivity contribution in [2.24, 2.45) is 5.92 Å². The number of nitrogens with one attached hydrogen (secondary N) is 1. The number of hydrogen-bond donors (Lipinski definition) is 1. The first-order valence-corrected chi connectivity index (χ1v) is 10.9. The molecule has 0 radical (unpaired) electrons. The van der Waals surface area contributed by atoms with Crippen molar-refractivity contribution in [2.75, 3.05) is 25.0 Å². The van der Waals surface area contributed by atoms with Gasteiger partial charge in [-0.3, -0.25) is 4.79 Å². The number of piperidine rings is 1. The lowest BCUT2D eigenvalue weighted by atomic mass is 10.0. The van der Waals surface area contributed by atoms with Crippen molar-refractivity contribution in [3.63, 3.8) is 0 Å². The van der Waals surface area contributed by atoms with Crippen molar-refractivity contribution < 1.29 is 17.9 Å². The zero-order valence-corrected chi connectivity index (χ0v) is 17.0. The number of benzene rings is 2. The fraction of sp³-hybridized carbons (Fsp3) is 0.333. The van der Waals surface area contributed by atoms with E-state index in [9.17, 15) is 13.2 Å². The van der Waals surface area contributed by atoms with Gasteiger partial charge >= 0.3 is 0 Å².